The van der Waals surface area contributed by atoms with Gasteiger partial charge in [0.25, 0.3) is 0 Å². The van der Waals surface area contributed by atoms with Crippen LogP contribution in [-0.4, -0.2) is 65.8 Å². The second-order valence-electron chi connectivity index (χ2n) is 10.9. The van der Waals surface area contributed by atoms with Crippen LogP contribution in [0.15, 0.2) is 41.4 Å². The molecule has 1 aromatic heterocycles. The normalized spacial score (nSPS) is 23.0. The highest BCUT2D eigenvalue weighted by molar-refractivity contribution is 7.92. The van der Waals surface area contributed by atoms with Crippen molar-refractivity contribution in [3.05, 3.63) is 52.3 Å². The summed E-state index contributed by atoms with van der Waals surface area (Å²) in [4.78, 5) is 32.3. The zero-order valence-electron chi connectivity index (χ0n) is 22.1. The molecule has 42 heavy (non-hydrogen) atoms. The lowest BCUT2D eigenvalue weighted by molar-refractivity contribution is -0.189. The molecule has 1 saturated heterocycles. The molecule has 3 unspecified atom stereocenters. The number of hydrogen-bond donors (Lipinski definition) is 1. The average Bonchev–Trinajstić information content (AvgIpc) is 3.84. The van der Waals surface area contributed by atoms with Gasteiger partial charge in [-0.15, -0.1) is 0 Å². The number of nitrogens with zero attached hydrogens (tertiary/aromatic N) is 3. The van der Waals surface area contributed by atoms with Crippen LogP contribution < -0.4 is 10.1 Å². The summed E-state index contributed by atoms with van der Waals surface area (Å²) in [7, 11) is -4.28. The lowest BCUT2D eigenvalue weighted by atomic mass is 9.95. The lowest BCUT2D eigenvalue weighted by Crippen LogP contribution is -2.51. The third-order valence-electron chi connectivity index (χ3n) is 8.01. The maximum Gasteiger partial charge on any atom is 0.425 e. The van der Waals surface area contributed by atoms with Gasteiger partial charge in [-0.2, -0.15) is 18.4 Å². The molecule has 0 radical (unpaired) electrons. The molecule has 0 bridgehead atoms. The minimum Gasteiger partial charge on any atom is -0.481 e. The van der Waals surface area contributed by atoms with Gasteiger partial charge in [0.05, 0.1) is 26.7 Å². The van der Waals surface area contributed by atoms with Gasteiger partial charge in [-0.05, 0) is 62.8 Å². The summed E-state index contributed by atoms with van der Waals surface area (Å²) in [5.41, 5.74) is -1.45. The number of aromatic nitrogens is 1. The molecule has 3 fully saturated rings. The molecule has 224 valence electrons. The van der Waals surface area contributed by atoms with E-state index in [1.165, 1.54) is 11.1 Å². The van der Waals surface area contributed by atoms with Crippen LogP contribution >= 0.6 is 23.2 Å². The maximum absolute atomic E-state index is 14.0. The van der Waals surface area contributed by atoms with E-state index >= 15 is 0 Å². The zero-order chi connectivity index (χ0) is 30.7. The topological polar surface area (TPSA) is 129 Å². The molecular weight excluding hydrogens is 620 g/mol. The molecule has 9 nitrogen and oxygen atoms in total. The maximum atomic E-state index is 14.0. The number of carbonyl (C=O) groups excluding carboxylic acids is 2. The van der Waals surface area contributed by atoms with Crippen LogP contribution in [0.1, 0.15) is 44.6 Å². The highest BCUT2D eigenvalue weighted by Gasteiger charge is 2.58. The van der Waals surface area contributed by atoms with Gasteiger partial charge in [0.15, 0.2) is 15.9 Å². The third kappa shape index (κ3) is 5.64. The van der Waals surface area contributed by atoms with Crippen LogP contribution in [0.5, 0.6) is 5.75 Å². The van der Waals surface area contributed by atoms with Crippen molar-refractivity contribution >= 4 is 44.9 Å². The molecule has 2 saturated carbocycles. The molecule has 2 heterocycles. The molecule has 2 aliphatic carbocycles. The quantitative estimate of drug-likeness (QED) is 0.423. The third-order valence-corrected chi connectivity index (χ3v) is 10.9. The van der Waals surface area contributed by atoms with Crippen LogP contribution in [0.2, 0.25) is 10.2 Å². The van der Waals surface area contributed by atoms with E-state index in [0.29, 0.717) is 31.2 Å². The molecule has 1 aliphatic heterocycles. The van der Waals surface area contributed by atoms with Crippen molar-refractivity contribution in [3.63, 3.8) is 0 Å². The minimum absolute atomic E-state index is 0.235. The van der Waals surface area contributed by atoms with Gasteiger partial charge in [0, 0.05) is 18.8 Å². The standard InChI is InChI=1S/C27H25Cl2F3N4O5S/c1-15(27(30,31)32)41-17-3-4-21(19(28)10-17)42(39,40)18-11-20(23(37)35-25(14-33)6-7-25)36(13-18)24(38)26(8-9-26)16-2-5-22(29)34-12-16/h2-5,10,12,15,18,20H,6-9,11,13H2,1H3,(H,35,37). The number of ether oxygens (including phenoxy) is 1. The first-order chi connectivity index (χ1) is 19.6. The molecule has 3 atom stereocenters. The highest BCUT2D eigenvalue weighted by atomic mass is 35.5. The van der Waals surface area contributed by atoms with Crippen LogP contribution in [0.25, 0.3) is 0 Å². The SMILES string of the molecule is CC(Oc1ccc(S(=O)(=O)C2CC(C(=O)NC3(C#N)CC3)N(C(=O)C3(c4ccc(Cl)nc4)CC3)C2)c(Cl)c1)C(F)(F)F. The first-order valence-electron chi connectivity index (χ1n) is 13.1. The minimum atomic E-state index is -4.64. The number of hydrogen-bond acceptors (Lipinski definition) is 7. The van der Waals surface area contributed by atoms with Crippen LogP contribution in [0.4, 0.5) is 13.2 Å². The van der Waals surface area contributed by atoms with Crippen molar-refractivity contribution in [1.82, 2.24) is 15.2 Å². The second-order valence-corrected chi connectivity index (χ2v) is 13.9. The fraction of sp³-hybridized carbons (Fsp3) is 0.481. The summed E-state index contributed by atoms with van der Waals surface area (Å²) in [6.07, 6.45) is -3.78. The Labute approximate surface area is 249 Å². The van der Waals surface area contributed by atoms with Crippen molar-refractivity contribution in [2.75, 3.05) is 6.54 Å². The Morgan fingerprint density at radius 3 is 2.40 bits per heavy atom. The Morgan fingerprint density at radius 1 is 1.19 bits per heavy atom. The molecule has 2 amide bonds. The van der Waals surface area contributed by atoms with Crippen LogP contribution in [0, 0.1) is 11.3 Å². The van der Waals surface area contributed by atoms with E-state index in [4.69, 9.17) is 27.9 Å². The number of pyridine rings is 1. The first-order valence-corrected chi connectivity index (χ1v) is 15.4. The Balaban J connectivity index is 1.43. The smallest absolute Gasteiger partial charge is 0.425 e. The second kappa shape index (κ2) is 10.6. The number of sulfone groups is 1. The largest absolute Gasteiger partial charge is 0.481 e. The van der Waals surface area contributed by atoms with Crippen molar-refractivity contribution in [3.8, 4) is 11.8 Å². The predicted molar refractivity (Wildman–Crippen MR) is 145 cm³/mol. The number of alkyl halides is 3. The molecule has 2 aromatic rings. The van der Waals surface area contributed by atoms with Crippen molar-refractivity contribution in [1.29, 1.82) is 5.26 Å². The van der Waals surface area contributed by atoms with E-state index < -0.39 is 56.2 Å². The van der Waals surface area contributed by atoms with Gasteiger partial charge < -0.3 is 15.0 Å². The Bertz CT molecular complexity index is 1570. The summed E-state index contributed by atoms with van der Waals surface area (Å²) in [5.74, 6) is -1.36. The van der Waals surface area contributed by atoms with Gasteiger partial charge in [-0.25, -0.2) is 13.4 Å². The van der Waals surface area contributed by atoms with E-state index in [2.05, 4.69) is 16.4 Å². The van der Waals surface area contributed by atoms with Gasteiger partial charge in [0.2, 0.25) is 11.8 Å². The predicted octanol–water partition coefficient (Wildman–Crippen LogP) is 4.37. The van der Waals surface area contributed by atoms with Gasteiger partial charge in [-0.3, -0.25) is 9.59 Å². The number of amides is 2. The molecule has 3 aliphatic rings. The molecule has 1 N–H and O–H groups in total. The summed E-state index contributed by atoms with van der Waals surface area (Å²) in [6.45, 7) is 0.472. The average molecular weight is 645 g/mol. The fourth-order valence-corrected chi connectivity index (χ4v) is 7.47. The van der Waals surface area contributed by atoms with Gasteiger partial charge in [-0.1, -0.05) is 29.3 Å². The molecule has 1 aromatic carbocycles. The number of benzene rings is 1. The molecule has 5 rings (SSSR count). The van der Waals surface area contributed by atoms with Crippen molar-refractivity contribution in [2.24, 2.45) is 0 Å². The summed E-state index contributed by atoms with van der Waals surface area (Å²) >= 11 is 12.1. The number of likely N-dealkylation sites (tertiary alicyclic amines) is 1. The zero-order valence-corrected chi connectivity index (χ0v) is 24.4. The van der Waals surface area contributed by atoms with E-state index in [-0.39, 0.29) is 33.8 Å². The summed E-state index contributed by atoms with van der Waals surface area (Å²) < 4.78 is 71.1. The van der Waals surface area contributed by atoms with Crippen molar-refractivity contribution < 1.29 is 35.9 Å². The van der Waals surface area contributed by atoms with E-state index in [0.717, 1.165) is 25.1 Å². The number of rotatable bonds is 8. The highest BCUT2D eigenvalue weighted by Crippen LogP contribution is 2.51. The van der Waals surface area contributed by atoms with Crippen LogP contribution in [0.3, 0.4) is 0 Å². The van der Waals surface area contributed by atoms with E-state index in [1.807, 2.05) is 0 Å². The van der Waals surface area contributed by atoms with E-state index in [9.17, 15) is 36.4 Å². The summed E-state index contributed by atoms with van der Waals surface area (Å²) in [5, 5.41) is 10.8. The number of nitrogens with one attached hydrogen (secondary N) is 1. The first kappa shape index (κ1) is 30.4. The summed E-state index contributed by atoms with van der Waals surface area (Å²) in [6, 6.07) is 7.17. The number of nitriles is 1. The van der Waals surface area contributed by atoms with E-state index in [1.54, 1.807) is 12.1 Å². The van der Waals surface area contributed by atoms with Crippen LogP contribution in [-0.2, 0) is 24.8 Å². The van der Waals surface area contributed by atoms with Gasteiger partial charge >= 0.3 is 6.18 Å². The Morgan fingerprint density at radius 2 is 1.88 bits per heavy atom. The number of halogens is 5. The Hall–Kier alpha value is -3.08. The molecule has 0 spiro atoms. The molecular formula is C27H25Cl2F3N4O5S. The Kier molecular flexibility index (Phi) is 7.65. The van der Waals surface area contributed by atoms with Gasteiger partial charge in [0.1, 0.15) is 22.5 Å². The monoisotopic (exact) mass is 644 g/mol. The number of carbonyl (C=O) groups is 2. The fourth-order valence-electron chi connectivity index (χ4n) is 5.13. The molecule has 15 heteroatoms. The van der Waals surface area contributed by atoms with Crippen molar-refractivity contribution in [2.45, 2.75) is 78.4 Å². The lowest BCUT2D eigenvalue weighted by Gasteiger charge is -2.29.